The number of halogens is 4. The maximum atomic E-state index is 8.27. The number of nitrogens with zero attached hydrogens (tertiary/aromatic N) is 10. The topological polar surface area (TPSA) is 185 Å². The van der Waals surface area contributed by atoms with Gasteiger partial charge in [0, 0.05) is 52.1 Å². The number of ether oxygens (including phenoxy) is 8. The Morgan fingerprint density at radius 1 is 0.467 bits per heavy atom. The van der Waals surface area contributed by atoms with Gasteiger partial charge in [0.1, 0.15) is 62.6 Å². The summed E-state index contributed by atoms with van der Waals surface area (Å²) in [5, 5.41) is 6.57. The van der Waals surface area contributed by atoms with Gasteiger partial charge in [0.2, 0.25) is 5.82 Å². The fraction of sp³-hybridized carbons (Fsp3) is 0.626. The number of fused-ring (bicyclic) bond motifs is 15. The molecule has 6 bridgehead atoms. The van der Waals surface area contributed by atoms with Gasteiger partial charge in [-0.3, -0.25) is 0 Å². The van der Waals surface area contributed by atoms with Crippen LogP contribution in [-0.4, -0.2) is 172 Å². The van der Waals surface area contributed by atoms with Crippen molar-refractivity contribution >= 4 is 161 Å². The minimum Gasteiger partial charge on any atom is -0.506 e. The molecule has 3 aliphatic heterocycles. The van der Waals surface area contributed by atoms with E-state index in [1.54, 1.807) is 44.6 Å². The Balaban J connectivity index is 0.0000164. The molecular formula is C91H132Cl4N11O9S4V+3. The molecule has 0 spiro atoms. The molecule has 1 radical (unpaired) electrons. The van der Waals surface area contributed by atoms with Gasteiger partial charge in [0.15, 0.2) is 23.2 Å². The number of aliphatic imine (C=N–C) groups is 1. The van der Waals surface area contributed by atoms with Crippen molar-refractivity contribution in [1.82, 2.24) is 24.3 Å². The molecule has 0 saturated heterocycles. The number of thioether (sulfide) groups is 4. The first kappa shape index (κ1) is 99.0. The van der Waals surface area contributed by atoms with Gasteiger partial charge in [-0.25, -0.2) is 9.57 Å². The Kier molecular flexibility index (Phi) is 38.4. The standard InChI is InChI=1S/C91H131Cl4N11O9S4.V/c1-24-103(25-2)37-48-117-82-71(93)75(108-40-29-53(7)8)64-65(79(82)112-44-33-57(15)16)86-97-60-50-61(63-62(60)74(107-39-28-52(5)6)70(92)85(119-51-102(22)23)78(63)111-43-32-56(13)14)98-88-66-69(81(114-46-35-59(19)20)84(118-49-38-104(26-3)27-4)73(95)76(66)109-41-30-54(9)10)91-101-90-67-68(89(100-87(64)99-86)106(90)115-105(88)91)80(113-45-34-58(17)18)83(116-47-36-96-21)72(94)77(67)110-42-31-55(11)12;/h52-59,96H,22,24-49,51H2,1-21,23H3;/q;+2/p+1. The van der Waals surface area contributed by atoms with E-state index in [9.17, 15) is 0 Å². The summed E-state index contributed by atoms with van der Waals surface area (Å²) >= 11 is 39.2. The SMILES string of the molecule is C=[N+](C)CSc1c(Cl)c(OCCC(C)C)c2c(c1OCCC(C)C)C1=Nc3c4c(OCCC(C)C)c(Cl)c(SCCN(CC)CC)c(OCCC(C)C)c4c4nc5c6c(OCCC(C)C)c(Cl)c(SCC[NH2+]C)c(OCCC(C)C)c6c([n+]-5on34)N=c3[n-]c(c4c(OCCC(C)C)c(SCCN(CC)CC)c(Cl)c(OCCC(C)C)c34)=NC2=[C-]1.[V+2]. The fourth-order valence-electron chi connectivity index (χ4n) is 13.7. The second-order valence-corrected chi connectivity index (χ2v) is 40.2. The van der Waals surface area contributed by atoms with Crippen molar-refractivity contribution < 1.29 is 75.7 Å². The molecule has 0 saturated carbocycles. The second kappa shape index (κ2) is 46.6. The van der Waals surface area contributed by atoms with Crippen molar-refractivity contribution in [3.63, 3.8) is 0 Å². The molecule has 20 nitrogen and oxygen atoms in total. The van der Waals surface area contributed by atoms with Crippen LogP contribution < -0.4 is 63.9 Å². The maximum Gasteiger partial charge on any atom is 2.00 e. The number of hydrogen-bond acceptors (Lipinski definition) is 19. The first-order chi connectivity index (χ1) is 57.0. The number of benzene rings is 4. The number of hydrogen-bond donors (Lipinski definition) is 1. The van der Waals surface area contributed by atoms with E-state index in [4.69, 9.17) is 114 Å². The molecule has 2 N–H and O–H groups in total. The van der Waals surface area contributed by atoms with Gasteiger partial charge in [-0.2, -0.15) is 4.63 Å². The van der Waals surface area contributed by atoms with Crippen molar-refractivity contribution in [3.8, 4) is 51.8 Å². The van der Waals surface area contributed by atoms with Crippen molar-refractivity contribution in [1.29, 1.82) is 0 Å². The monoisotopic (exact) mass is 1840 g/mol. The van der Waals surface area contributed by atoms with Gasteiger partial charge in [-0.1, -0.05) is 212 Å². The average molecular weight is 1850 g/mol. The number of nitrogens with two attached hydrogens (primary N) is 1. The largest absolute Gasteiger partial charge is 2.00 e. The van der Waals surface area contributed by atoms with Crippen LogP contribution in [0.15, 0.2) is 39.2 Å². The summed E-state index contributed by atoms with van der Waals surface area (Å²) in [6.45, 7) is 56.4. The molecule has 4 aliphatic rings. The molecule has 5 heterocycles. The predicted octanol–water partition coefficient (Wildman–Crippen LogP) is 21.5. The maximum absolute atomic E-state index is 8.27. The number of allylic oxidation sites excluding steroid dienone is 1. The predicted molar refractivity (Wildman–Crippen MR) is 498 cm³/mol. The molecule has 0 fully saturated rings. The third kappa shape index (κ3) is 23.7. The molecule has 0 unspecified atom stereocenters. The summed E-state index contributed by atoms with van der Waals surface area (Å²) in [6, 6.07) is 0. The number of rotatable bonds is 51. The van der Waals surface area contributed by atoms with Gasteiger partial charge in [0.05, 0.1) is 113 Å². The summed E-state index contributed by atoms with van der Waals surface area (Å²) < 4.78 is 72.0. The molecule has 29 heteroatoms. The Hall–Kier alpha value is -4.80. The molecule has 0 amide bonds. The van der Waals surface area contributed by atoms with Gasteiger partial charge < -0.3 is 68.0 Å². The minimum atomic E-state index is 0. The molecule has 659 valence electrons. The molecule has 1 aliphatic carbocycles. The van der Waals surface area contributed by atoms with E-state index >= 15 is 0 Å². The van der Waals surface area contributed by atoms with Gasteiger partial charge >= 0.3 is 18.6 Å². The van der Waals surface area contributed by atoms with Crippen LogP contribution in [0.25, 0.3) is 49.5 Å². The minimum absolute atomic E-state index is 0. The molecule has 6 aromatic rings. The van der Waals surface area contributed by atoms with E-state index in [0.29, 0.717) is 267 Å². The van der Waals surface area contributed by atoms with Gasteiger partial charge in [-0.05, 0) is 135 Å². The zero-order valence-electron chi connectivity index (χ0n) is 75.2. The van der Waals surface area contributed by atoms with Crippen LogP contribution in [0.5, 0.6) is 46.0 Å². The zero-order valence-corrected chi connectivity index (χ0v) is 82.9. The summed E-state index contributed by atoms with van der Waals surface area (Å²) in [7, 11) is 4.00. The summed E-state index contributed by atoms with van der Waals surface area (Å²) in [6.07, 6.45) is 9.56. The molecule has 120 heavy (non-hydrogen) atoms. The van der Waals surface area contributed by atoms with Gasteiger partial charge in [0.25, 0.3) is 11.5 Å². The van der Waals surface area contributed by atoms with E-state index in [0.717, 1.165) is 58.7 Å². The molecule has 10 rings (SSSR count). The van der Waals surface area contributed by atoms with Crippen LogP contribution in [0, 0.1) is 53.4 Å². The first-order valence-electron chi connectivity index (χ1n) is 43.5. The quantitative estimate of drug-likeness (QED) is 0.00947. The summed E-state index contributed by atoms with van der Waals surface area (Å²) in [4.78, 5) is 37.5. The average Bonchev–Trinajstić information content (AvgIpc) is 1.53. The Morgan fingerprint density at radius 2 is 0.833 bits per heavy atom. The number of quaternary nitrogens is 1. The van der Waals surface area contributed by atoms with Crippen LogP contribution in [0.1, 0.15) is 201 Å². The second-order valence-electron chi connectivity index (χ2n) is 34.4. The van der Waals surface area contributed by atoms with Crippen LogP contribution in [0.4, 0.5) is 11.6 Å². The van der Waals surface area contributed by atoms with Crippen molar-refractivity contribution in [2.45, 2.75) is 209 Å². The van der Waals surface area contributed by atoms with Crippen molar-refractivity contribution in [2.24, 2.45) is 62.3 Å². The molecule has 0 atom stereocenters. The van der Waals surface area contributed by atoms with E-state index < -0.39 is 0 Å². The van der Waals surface area contributed by atoms with E-state index in [1.165, 1.54) is 11.8 Å². The third-order valence-electron chi connectivity index (χ3n) is 21.0. The smallest absolute Gasteiger partial charge is 0.506 e. The molecule has 4 aromatic carbocycles. The molecular weight excluding hydrogens is 1710 g/mol. The van der Waals surface area contributed by atoms with Crippen LogP contribution in [0.2, 0.25) is 20.1 Å². The van der Waals surface area contributed by atoms with E-state index in [2.05, 4.69) is 173 Å². The third-order valence-corrected chi connectivity index (χ3v) is 27.4. The first-order valence-corrected chi connectivity index (χ1v) is 48.9. The van der Waals surface area contributed by atoms with Crippen LogP contribution in [-0.2, 0) is 18.6 Å². The summed E-state index contributed by atoms with van der Waals surface area (Å²) in [5.41, 5.74) is 2.31. The molecule has 2 aromatic heterocycles. The zero-order chi connectivity index (χ0) is 86.2. The van der Waals surface area contributed by atoms with E-state index in [1.807, 2.05) is 11.6 Å². The Morgan fingerprint density at radius 3 is 1.27 bits per heavy atom. The summed E-state index contributed by atoms with van der Waals surface area (Å²) in [5.74, 6) is 8.74. The van der Waals surface area contributed by atoms with Crippen molar-refractivity contribution in [2.75, 3.05) is 136 Å². The fourth-order valence-corrected chi connectivity index (χ4v) is 19.3. The van der Waals surface area contributed by atoms with Gasteiger partial charge in [-0.15, -0.1) is 52.6 Å². The number of aromatic nitrogens is 4. The Labute approximate surface area is 762 Å². The normalized spacial score (nSPS) is 12.9. The van der Waals surface area contributed by atoms with Crippen molar-refractivity contribution in [3.05, 3.63) is 48.3 Å². The Bertz CT molecular complexity index is 4980. The van der Waals surface area contributed by atoms with E-state index in [-0.39, 0.29) is 88.5 Å². The van der Waals surface area contributed by atoms with Crippen LogP contribution >= 0.6 is 93.5 Å². The van der Waals surface area contributed by atoms with Crippen LogP contribution in [0.3, 0.4) is 0 Å².